The van der Waals surface area contributed by atoms with Crippen LogP contribution in [0.15, 0.2) is 18.2 Å². The first-order valence-corrected chi connectivity index (χ1v) is 5.57. The van der Waals surface area contributed by atoms with E-state index in [0.717, 1.165) is 5.56 Å². The van der Waals surface area contributed by atoms with Gasteiger partial charge < -0.3 is 15.0 Å². The van der Waals surface area contributed by atoms with E-state index >= 15 is 0 Å². The number of nitrogens with zero attached hydrogens (tertiary/aromatic N) is 1. The van der Waals surface area contributed by atoms with Gasteiger partial charge in [-0.2, -0.15) is 0 Å². The summed E-state index contributed by atoms with van der Waals surface area (Å²) in [6, 6.07) is 5.15. The molecule has 1 aromatic rings. The molecule has 0 heterocycles. The molecule has 98 valence electrons. The van der Waals surface area contributed by atoms with E-state index < -0.39 is 5.97 Å². The van der Waals surface area contributed by atoms with Crippen LogP contribution in [-0.2, 0) is 9.53 Å². The fourth-order valence-corrected chi connectivity index (χ4v) is 1.52. The Kier molecular flexibility index (Phi) is 4.85. The SMILES string of the molecule is COC(=O)c1cc(NC(=O)CN(C)C)ccc1C. The summed E-state index contributed by atoms with van der Waals surface area (Å²) in [5, 5.41) is 2.73. The molecular formula is C13H18N2O3. The van der Waals surface area contributed by atoms with E-state index in [1.54, 1.807) is 23.1 Å². The van der Waals surface area contributed by atoms with Crippen LogP contribution in [0.1, 0.15) is 15.9 Å². The molecule has 1 N–H and O–H groups in total. The van der Waals surface area contributed by atoms with Gasteiger partial charge in [-0.05, 0) is 38.7 Å². The first-order valence-electron chi connectivity index (χ1n) is 5.57. The molecule has 1 aromatic carbocycles. The molecule has 0 spiro atoms. The average Bonchev–Trinajstić information content (AvgIpc) is 2.29. The highest BCUT2D eigenvalue weighted by molar-refractivity contribution is 5.96. The Bertz CT molecular complexity index is 456. The number of rotatable bonds is 4. The number of likely N-dealkylation sites (N-methyl/N-ethyl adjacent to an activating group) is 1. The Morgan fingerprint density at radius 1 is 1.33 bits per heavy atom. The maximum absolute atomic E-state index is 11.6. The highest BCUT2D eigenvalue weighted by Crippen LogP contribution is 2.16. The minimum absolute atomic E-state index is 0.125. The number of aryl methyl sites for hydroxylation is 1. The second-order valence-corrected chi connectivity index (χ2v) is 4.31. The molecule has 18 heavy (non-hydrogen) atoms. The molecule has 0 aliphatic heterocycles. The van der Waals surface area contributed by atoms with Crippen LogP contribution < -0.4 is 5.32 Å². The molecule has 0 atom stereocenters. The second-order valence-electron chi connectivity index (χ2n) is 4.31. The van der Waals surface area contributed by atoms with Crippen molar-refractivity contribution < 1.29 is 14.3 Å². The lowest BCUT2D eigenvalue weighted by molar-refractivity contribution is -0.116. The molecule has 0 bridgehead atoms. The third-order valence-corrected chi connectivity index (χ3v) is 2.39. The van der Waals surface area contributed by atoms with Crippen LogP contribution in [0.2, 0.25) is 0 Å². The topological polar surface area (TPSA) is 58.6 Å². The molecule has 0 aliphatic rings. The fraction of sp³-hybridized carbons (Fsp3) is 0.385. The first kappa shape index (κ1) is 14.2. The predicted octanol–water partition coefficient (Wildman–Crippen LogP) is 1.28. The number of amides is 1. The molecule has 1 rings (SSSR count). The fourth-order valence-electron chi connectivity index (χ4n) is 1.52. The van der Waals surface area contributed by atoms with Crippen molar-refractivity contribution in [3.63, 3.8) is 0 Å². The zero-order chi connectivity index (χ0) is 13.7. The van der Waals surface area contributed by atoms with Crippen molar-refractivity contribution >= 4 is 17.6 Å². The van der Waals surface area contributed by atoms with Crippen LogP contribution in [0.5, 0.6) is 0 Å². The van der Waals surface area contributed by atoms with E-state index in [1.165, 1.54) is 7.11 Å². The molecule has 0 aliphatic carbocycles. The lowest BCUT2D eigenvalue weighted by Crippen LogP contribution is -2.27. The lowest BCUT2D eigenvalue weighted by atomic mass is 10.1. The van der Waals surface area contributed by atoms with E-state index in [4.69, 9.17) is 0 Å². The van der Waals surface area contributed by atoms with E-state index in [-0.39, 0.29) is 5.91 Å². The van der Waals surface area contributed by atoms with Crippen LogP contribution in [0.25, 0.3) is 0 Å². The van der Waals surface area contributed by atoms with Crippen molar-refractivity contribution in [3.8, 4) is 0 Å². The van der Waals surface area contributed by atoms with Crippen molar-refractivity contribution in [2.75, 3.05) is 33.1 Å². The number of benzene rings is 1. The van der Waals surface area contributed by atoms with Crippen LogP contribution in [0.3, 0.4) is 0 Å². The normalized spacial score (nSPS) is 10.3. The number of hydrogen-bond donors (Lipinski definition) is 1. The minimum atomic E-state index is -0.406. The summed E-state index contributed by atoms with van der Waals surface area (Å²) in [5.41, 5.74) is 1.86. The summed E-state index contributed by atoms with van der Waals surface area (Å²) >= 11 is 0. The van der Waals surface area contributed by atoms with Gasteiger partial charge in [0.25, 0.3) is 0 Å². The highest BCUT2D eigenvalue weighted by atomic mass is 16.5. The van der Waals surface area contributed by atoms with Gasteiger partial charge in [0.1, 0.15) is 0 Å². The Labute approximate surface area is 107 Å². The summed E-state index contributed by atoms with van der Waals surface area (Å²) in [7, 11) is 4.96. The third kappa shape index (κ3) is 3.85. The number of carbonyl (C=O) groups excluding carboxylic acids is 2. The van der Waals surface area contributed by atoms with E-state index in [1.807, 2.05) is 21.0 Å². The van der Waals surface area contributed by atoms with Crippen molar-refractivity contribution in [2.24, 2.45) is 0 Å². The molecule has 0 aromatic heterocycles. The van der Waals surface area contributed by atoms with Crippen LogP contribution in [0, 0.1) is 6.92 Å². The van der Waals surface area contributed by atoms with Crippen molar-refractivity contribution in [1.29, 1.82) is 0 Å². The zero-order valence-corrected chi connectivity index (χ0v) is 11.1. The van der Waals surface area contributed by atoms with Crippen LogP contribution >= 0.6 is 0 Å². The first-order chi connectivity index (χ1) is 8.43. The summed E-state index contributed by atoms with van der Waals surface area (Å²) < 4.78 is 4.68. The Hall–Kier alpha value is -1.88. The lowest BCUT2D eigenvalue weighted by Gasteiger charge is -2.11. The van der Waals surface area contributed by atoms with E-state index in [2.05, 4.69) is 10.1 Å². The number of carbonyl (C=O) groups is 2. The number of ether oxygens (including phenoxy) is 1. The van der Waals surface area contributed by atoms with Gasteiger partial charge >= 0.3 is 5.97 Å². The molecule has 5 nitrogen and oxygen atoms in total. The molecule has 5 heteroatoms. The largest absolute Gasteiger partial charge is 0.465 e. The number of esters is 1. The van der Waals surface area contributed by atoms with Crippen molar-refractivity contribution in [1.82, 2.24) is 4.90 Å². The predicted molar refractivity (Wildman–Crippen MR) is 69.7 cm³/mol. The molecule has 0 radical (unpaired) electrons. The van der Waals surface area contributed by atoms with Crippen molar-refractivity contribution in [3.05, 3.63) is 29.3 Å². The Morgan fingerprint density at radius 3 is 2.56 bits per heavy atom. The molecule has 1 amide bonds. The summed E-state index contributed by atoms with van der Waals surface area (Å²) in [5.74, 6) is -0.532. The number of anilines is 1. The summed E-state index contributed by atoms with van der Waals surface area (Å²) in [4.78, 5) is 24.9. The third-order valence-electron chi connectivity index (χ3n) is 2.39. The van der Waals surface area contributed by atoms with E-state index in [9.17, 15) is 9.59 Å². The van der Waals surface area contributed by atoms with Gasteiger partial charge in [-0.3, -0.25) is 4.79 Å². The Morgan fingerprint density at radius 2 is 2.00 bits per heavy atom. The maximum Gasteiger partial charge on any atom is 0.338 e. The van der Waals surface area contributed by atoms with E-state index in [0.29, 0.717) is 17.8 Å². The van der Waals surface area contributed by atoms with Crippen molar-refractivity contribution in [2.45, 2.75) is 6.92 Å². The quantitative estimate of drug-likeness (QED) is 0.818. The van der Waals surface area contributed by atoms with Crippen LogP contribution in [0.4, 0.5) is 5.69 Å². The van der Waals surface area contributed by atoms with Gasteiger partial charge in [-0.25, -0.2) is 4.79 Å². The molecule has 0 fully saturated rings. The molecule has 0 saturated carbocycles. The summed E-state index contributed by atoms with van der Waals surface area (Å²) in [6.45, 7) is 2.11. The van der Waals surface area contributed by atoms with Gasteiger partial charge in [0, 0.05) is 5.69 Å². The van der Waals surface area contributed by atoms with Gasteiger partial charge in [-0.15, -0.1) is 0 Å². The van der Waals surface area contributed by atoms with Gasteiger partial charge in [0.15, 0.2) is 0 Å². The van der Waals surface area contributed by atoms with Gasteiger partial charge in [-0.1, -0.05) is 6.07 Å². The monoisotopic (exact) mass is 250 g/mol. The molecule has 0 unspecified atom stereocenters. The molecule has 0 saturated heterocycles. The standard InChI is InChI=1S/C13H18N2O3/c1-9-5-6-10(7-11(9)13(17)18-4)14-12(16)8-15(2)3/h5-7H,8H2,1-4H3,(H,14,16). The van der Waals surface area contributed by atoms with Gasteiger partial charge in [0.2, 0.25) is 5.91 Å². The number of hydrogen-bond acceptors (Lipinski definition) is 4. The number of nitrogens with one attached hydrogen (secondary N) is 1. The Balaban J connectivity index is 2.85. The molecular weight excluding hydrogens is 232 g/mol. The number of methoxy groups -OCH3 is 1. The van der Waals surface area contributed by atoms with Crippen LogP contribution in [-0.4, -0.2) is 44.5 Å². The zero-order valence-electron chi connectivity index (χ0n) is 11.1. The minimum Gasteiger partial charge on any atom is -0.465 e. The second kappa shape index (κ2) is 6.16. The average molecular weight is 250 g/mol. The highest BCUT2D eigenvalue weighted by Gasteiger charge is 2.11. The van der Waals surface area contributed by atoms with Gasteiger partial charge in [0.05, 0.1) is 19.2 Å². The maximum atomic E-state index is 11.6. The smallest absolute Gasteiger partial charge is 0.338 e. The summed E-state index contributed by atoms with van der Waals surface area (Å²) in [6.07, 6.45) is 0.